The summed E-state index contributed by atoms with van der Waals surface area (Å²) in [5.74, 6) is 0.803. The quantitative estimate of drug-likeness (QED) is 0.591. The smallest absolute Gasteiger partial charge is 0.0627 e. The Kier molecular flexibility index (Phi) is 2.85. The number of ether oxygens (including phenoxy) is 1. The number of likely N-dealkylation sites (tertiary alicyclic amines) is 1. The van der Waals surface area contributed by atoms with Crippen molar-refractivity contribution in [3.63, 3.8) is 0 Å². The highest BCUT2D eigenvalue weighted by atomic mass is 16.5. The molecule has 0 N–H and O–H groups in total. The normalized spacial score (nSPS) is 35.4. The molecular weight excluding hydrogens is 174 g/mol. The van der Waals surface area contributed by atoms with Crippen molar-refractivity contribution in [1.29, 1.82) is 0 Å². The van der Waals surface area contributed by atoms with Gasteiger partial charge in [-0.15, -0.1) is 0 Å². The zero-order valence-corrected chi connectivity index (χ0v) is 9.75. The fourth-order valence-electron chi connectivity index (χ4n) is 2.70. The summed E-state index contributed by atoms with van der Waals surface area (Å²) in [5, 5.41) is 0. The molecule has 0 saturated carbocycles. The molecule has 0 aliphatic carbocycles. The van der Waals surface area contributed by atoms with Crippen molar-refractivity contribution >= 4 is 0 Å². The fourth-order valence-corrected chi connectivity index (χ4v) is 2.70. The zero-order chi connectivity index (χ0) is 10.2. The number of piperidine rings is 1. The number of fused-ring (bicyclic) bond motifs is 1. The Bertz CT molecular complexity index is 197. The van der Waals surface area contributed by atoms with E-state index in [-0.39, 0.29) is 0 Å². The molecule has 0 bridgehead atoms. The predicted octanol–water partition coefficient (Wildman–Crippen LogP) is 2.29. The first-order valence-corrected chi connectivity index (χ1v) is 5.94. The molecule has 2 heterocycles. The van der Waals surface area contributed by atoms with Crippen molar-refractivity contribution in [2.75, 3.05) is 19.7 Å². The molecule has 2 aliphatic heterocycles. The van der Waals surface area contributed by atoms with Crippen molar-refractivity contribution in [3.8, 4) is 0 Å². The van der Waals surface area contributed by atoms with Crippen LogP contribution >= 0.6 is 0 Å². The molecule has 2 saturated heterocycles. The van der Waals surface area contributed by atoms with Gasteiger partial charge in [-0.2, -0.15) is 0 Å². The third-order valence-electron chi connectivity index (χ3n) is 3.66. The lowest BCUT2D eigenvalue weighted by atomic mass is 9.86. The van der Waals surface area contributed by atoms with Gasteiger partial charge in [-0.3, -0.25) is 4.90 Å². The van der Waals surface area contributed by atoms with Crippen molar-refractivity contribution in [3.05, 3.63) is 0 Å². The Hall–Kier alpha value is -0.0800. The summed E-state index contributed by atoms with van der Waals surface area (Å²) in [6.07, 6.45) is 4.44. The molecule has 2 unspecified atom stereocenters. The summed E-state index contributed by atoms with van der Waals surface area (Å²) in [5.41, 5.74) is 0.336. The Morgan fingerprint density at radius 1 is 1.21 bits per heavy atom. The van der Waals surface area contributed by atoms with Gasteiger partial charge in [-0.25, -0.2) is 0 Å². The predicted molar refractivity (Wildman–Crippen MR) is 58.4 cm³/mol. The monoisotopic (exact) mass is 197 g/mol. The third kappa shape index (κ3) is 2.12. The average molecular weight is 197 g/mol. The lowest BCUT2D eigenvalue weighted by Crippen LogP contribution is -2.52. The lowest BCUT2D eigenvalue weighted by Gasteiger charge is -2.46. The van der Waals surface area contributed by atoms with E-state index in [9.17, 15) is 0 Å². The van der Waals surface area contributed by atoms with Crippen LogP contribution in [0.3, 0.4) is 0 Å². The van der Waals surface area contributed by atoms with Crippen molar-refractivity contribution in [1.82, 2.24) is 4.90 Å². The molecule has 0 spiro atoms. The minimum absolute atomic E-state index is 0.336. The second-order valence-corrected chi connectivity index (χ2v) is 5.72. The SMILES string of the molecule is CC(C)(C)N1CCC2OCCCC2C1. The number of nitrogens with zero attached hydrogens (tertiary/aromatic N) is 1. The van der Waals surface area contributed by atoms with Gasteiger partial charge in [0, 0.05) is 25.2 Å². The zero-order valence-electron chi connectivity index (χ0n) is 9.75. The third-order valence-corrected chi connectivity index (χ3v) is 3.66. The topological polar surface area (TPSA) is 12.5 Å². The van der Waals surface area contributed by atoms with Crippen LogP contribution in [0, 0.1) is 5.92 Å². The highest BCUT2D eigenvalue weighted by Crippen LogP contribution is 2.31. The van der Waals surface area contributed by atoms with Crippen LogP contribution in [0.15, 0.2) is 0 Å². The summed E-state index contributed by atoms with van der Waals surface area (Å²) >= 11 is 0. The van der Waals surface area contributed by atoms with E-state index in [1.807, 2.05) is 0 Å². The summed E-state index contributed by atoms with van der Waals surface area (Å²) < 4.78 is 5.82. The van der Waals surface area contributed by atoms with Crippen LogP contribution in [0.25, 0.3) is 0 Å². The molecule has 14 heavy (non-hydrogen) atoms. The summed E-state index contributed by atoms with van der Waals surface area (Å²) in [6.45, 7) is 10.4. The van der Waals surface area contributed by atoms with E-state index in [0.29, 0.717) is 11.6 Å². The van der Waals surface area contributed by atoms with E-state index >= 15 is 0 Å². The first kappa shape index (κ1) is 10.4. The molecule has 0 amide bonds. The largest absolute Gasteiger partial charge is 0.378 e. The van der Waals surface area contributed by atoms with Crippen LogP contribution in [0.2, 0.25) is 0 Å². The van der Waals surface area contributed by atoms with Crippen LogP contribution in [-0.2, 0) is 4.74 Å². The maximum absolute atomic E-state index is 5.82. The highest BCUT2D eigenvalue weighted by Gasteiger charge is 2.35. The van der Waals surface area contributed by atoms with Crippen molar-refractivity contribution < 1.29 is 4.74 Å². The van der Waals surface area contributed by atoms with Crippen LogP contribution in [0.4, 0.5) is 0 Å². The van der Waals surface area contributed by atoms with E-state index in [1.165, 1.54) is 32.4 Å². The Morgan fingerprint density at radius 3 is 2.71 bits per heavy atom. The molecule has 0 aromatic heterocycles. The Balaban J connectivity index is 1.96. The minimum Gasteiger partial charge on any atom is -0.378 e. The molecule has 2 nitrogen and oxygen atoms in total. The van der Waals surface area contributed by atoms with Crippen LogP contribution in [0.1, 0.15) is 40.0 Å². The summed E-state index contributed by atoms with van der Waals surface area (Å²) in [7, 11) is 0. The maximum atomic E-state index is 5.82. The van der Waals surface area contributed by atoms with Crippen molar-refractivity contribution in [2.45, 2.75) is 51.7 Å². The van der Waals surface area contributed by atoms with Gasteiger partial charge < -0.3 is 4.74 Å². The average Bonchev–Trinajstić information content (AvgIpc) is 2.16. The molecular formula is C12H23NO. The lowest BCUT2D eigenvalue weighted by molar-refractivity contribution is -0.0811. The van der Waals surface area contributed by atoms with Crippen LogP contribution in [0.5, 0.6) is 0 Å². The van der Waals surface area contributed by atoms with Gasteiger partial charge in [0.15, 0.2) is 0 Å². The minimum atomic E-state index is 0.336. The van der Waals surface area contributed by atoms with Gasteiger partial charge in [-0.05, 0) is 46.0 Å². The van der Waals surface area contributed by atoms with Gasteiger partial charge in [-0.1, -0.05) is 0 Å². The second-order valence-electron chi connectivity index (χ2n) is 5.72. The van der Waals surface area contributed by atoms with Gasteiger partial charge in [0.05, 0.1) is 6.10 Å². The number of rotatable bonds is 0. The first-order valence-electron chi connectivity index (χ1n) is 5.94. The van der Waals surface area contributed by atoms with Crippen LogP contribution in [-0.4, -0.2) is 36.2 Å². The van der Waals surface area contributed by atoms with Gasteiger partial charge in [0.1, 0.15) is 0 Å². The molecule has 2 atom stereocenters. The van der Waals surface area contributed by atoms with E-state index in [2.05, 4.69) is 25.7 Å². The number of hydrogen-bond acceptors (Lipinski definition) is 2. The fraction of sp³-hybridized carbons (Fsp3) is 1.00. The summed E-state index contributed by atoms with van der Waals surface area (Å²) in [4.78, 5) is 2.61. The molecule has 2 rings (SSSR count). The van der Waals surface area contributed by atoms with Crippen molar-refractivity contribution in [2.24, 2.45) is 5.92 Å². The standard InChI is InChI=1S/C12H23NO/c1-12(2,3)13-7-6-11-10(9-13)5-4-8-14-11/h10-11H,4-9H2,1-3H3. The van der Waals surface area contributed by atoms with E-state index in [4.69, 9.17) is 4.74 Å². The Morgan fingerprint density at radius 2 is 2.00 bits per heavy atom. The number of hydrogen-bond donors (Lipinski definition) is 0. The van der Waals surface area contributed by atoms with Crippen LogP contribution < -0.4 is 0 Å². The molecule has 2 aliphatic rings. The maximum Gasteiger partial charge on any atom is 0.0627 e. The molecule has 0 radical (unpaired) electrons. The van der Waals surface area contributed by atoms with Gasteiger partial charge in [0.25, 0.3) is 0 Å². The van der Waals surface area contributed by atoms with Gasteiger partial charge in [0.2, 0.25) is 0 Å². The molecule has 0 aromatic carbocycles. The first-order chi connectivity index (χ1) is 6.57. The van der Waals surface area contributed by atoms with E-state index in [1.54, 1.807) is 0 Å². The molecule has 82 valence electrons. The van der Waals surface area contributed by atoms with Gasteiger partial charge >= 0.3 is 0 Å². The molecule has 2 fully saturated rings. The summed E-state index contributed by atoms with van der Waals surface area (Å²) in [6, 6.07) is 0. The van der Waals surface area contributed by atoms with E-state index < -0.39 is 0 Å². The van der Waals surface area contributed by atoms with E-state index in [0.717, 1.165) is 12.5 Å². The second kappa shape index (κ2) is 3.82. The molecule has 2 heteroatoms. The molecule has 0 aromatic rings. The highest BCUT2D eigenvalue weighted by molar-refractivity contribution is 4.88. The Labute approximate surface area is 87.6 Å².